The number of benzene rings is 1. The van der Waals surface area contributed by atoms with Crippen molar-refractivity contribution >= 4 is 0 Å². The van der Waals surface area contributed by atoms with Crippen LogP contribution in [-0.4, -0.2) is 19.2 Å². The van der Waals surface area contributed by atoms with E-state index in [0.717, 1.165) is 17.0 Å². The second-order valence-corrected chi connectivity index (χ2v) is 4.38. The van der Waals surface area contributed by atoms with Crippen LogP contribution < -0.4 is 20.7 Å². The van der Waals surface area contributed by atoms with Crippen molar-refractivity contribution in [2.45, 2.75) is 13.0 Å². The third kappa shape index (κ3) is 2.74. The molecule has 1 unspecified atom stereocenters. The number of ether oxygens (including phenoxy) is 2. The Balaban J connectivity index is 2.57. The maximum Gasteiger partial charge on any atom is 0.127 e. The molecule has 1 heterocycles. The summed E-state index contributed by atoms with van der Waals surface area (Å²) in [5.74, 6) is 7.14. The summed E-state index contributed by atoms with van der Waals surface area (Å²) in [6, 6.07) is 11.1. The lowest BCUT2D eigenvalue weighted by Crippen LogP contribution is -2.30. The van der Waals surface area contributed by atoms with Crippen LogP contribution in [0, 0.1) is 6.92 Å². The smallest absolute Gasteiger partial charge is 0.127 e. The van der Waals surface area contributed by atoms with Gasteiger partial charge < -0.3 is 9.47 Å². The van der Waals surface area contributed by atoms with E-state index in [2.05, 4.69) is 10.4 Å². The standard InChI is InChI=1S/C15H19N3O2/c1-10-6-4-7-11(17-10)15(18-16)14-12(19-2)8-5-9-13(14)20-3/h4-9,15,18H,16H2,1-3H3. The van der Waals surface area contributed by atoms with Gasteiger partial charge in [0.2, 0.25) is 0 Å². The molecule has 1 atom stereocenters. The number of hydrogen-bond donors (Lipinski definition) is 2. The Kier molecular flexibility index (Phi) is 4.55. The zero-order valence-corrected chi connectivity index (χ0v) is 11.9. The van der Waals surface area contributed by atoms with E-state index >= 15 is 0 Å². The molecule has 0 aliphatic rings. The molecule has 0 fully saturated rings. The van der Waals surface area contributed by atoms with Gasteiger partial charge in [-0.05, 0) is 31.2 Å². The summed E-state index contributed by atoms with van der Waals surface area (Å²) in [5, 5.41) is 0. The van der Waals surface area contributed by atoms with Crippen LogP contribution in [-0.2, 0) is 0 Å². The molecule has 1 aromatic carbocycles. The molecule has 0 saturated carbocycles. The Morgan fingerprint density at radius 1 is 1.05 bits per heavy atom. The van der Waals surface area contributed by atoms with E-state index in [0.29, 0.717) is 11.5 Å². The number of aryl methyl sites for hydroxylation is 1. The van der Waals surface area contributed by atoms with E-state index in [1.54, 1.807) is 14.2 Å². The highest BCUT2D eigenvalue weighted by Crippen LogP contribution is 2.36. The van der Waals surface area contributed by atoms with Crippen LogP contribution >= 0.6 is 0 Å². The van der Waals surface area contributed by atoms with E-state index < -0.39 is 0 Å². The molecule has 0 saturated heterocycles. The van der Waals surface area contributed by atoms with Crippen molar-refractivity contribution in [3.05, 3.63) is 53.3 Å². The summed E-state index contributed by atoms with van der Waals surface area (Å²) >= 11 is 0. The van der Waals surface area contributed by atoms with E-state index in [1.165, 1.54) is 0 Å². The molecule has 20 heavy (non-hydrogen) atoms. The number of aromatic nitrogens is 1. The van der Waals surface area contributed by atoms with Gasteiger partial charge in [-0.15, -0.1) is 0 Å². The molecule has 2 aromatic rings. The van der Waals surface area contributed by atoms with Gasteiger partial charge in [0.05, 0.1) is 31.5 Å². The Morgan fingerprint density at radius 2 is 1.65 bits per heavy atom. The first-order valence-corrected chi connectivity index (χ1v) is 6.31. The summed E-state index contributed by atoms with van der Waals surface area (Å²) in [4.78, 5) is 4.52. The lowest BCUT2D eigenvalue weighted by Gasteiger charge is -2.21. The van der Waals surface area contributed by atoms with Crippen molar-refractivity contribution in [2.24, 2.45) is 5.84 Å². The second-order valence-electron chi connectivity index (χ2n) is 4.38. The fraction of sp³-hybridized carbons (Fsp3) is 0.267. The molecule has 106 valence electrons. The summed E-state index contributed by atoms with van der Waals surface area (Å²) in [6.07, 6.45) is 0. The van der Waals surface area contributed by atoms with E-state index in [4.69, 9.17) is 15.3 Å². The lowest BCUT2D eigenvalue weighted by molar-refractivity contribution is 0.376. The highest BCUT2D eigenvalue weighted by Gasteiger charge is 2.22. The van der Waals surface area contributed by atoms with Gasteiger partial charge in [0.15, 0.2) is 0 Å². The second kappa shape index (κ2) is 6.36. The maximum absolute atomic E-state index is 5.73. The predicted molar refractivity (Wildman–Crippen MR) is 77.7 cm³/mol. The van der Waals surface area contributed by atoms with Crippen LogP contribution in [0.1, 0.15) is 23.0 Å². The molecule has 0 aliphatic carbocycles. The van der Waals surface area contributed by atoms with Crippen LogP contribution in [0.3, 0.4) is 0 Å². The van der Waals surface area contributed by atoms with Crippen molar-refractivity contribution in [2.75, 3.05) is 14.2 Å². The minimum Gasteiger partial charge on any atom is -0.496 e. The molecule has 2 rings (SSSR count). The van der Waals surface area contributed by atoms with Gasteiger partial charge in [0.1, 0.15) is 11.5 Å². The molecule has 0 aliphatic heterocycles. The number of rotatable bonds is 5. The summed E-state index contributed by atoms with van der Waals surface area (Å²) in [6.45, 7) is 1.94. The highest BCUT2D eigenvalue weighted by molar-refractivity contribution is 5.49. The minimum absolute atomic E-state index is 0.305. The van der Waals surface area contributed by atoms with Crippen molar-refractivity contribution in [3.63, 3.8) is 0 Å². The fourth-order valence-electron chi connectivity index (χ4n) is 2.21. The Bertz CT molecular complexity index is 565. The predicted octanol–water partition coefficient (Wildman–Crippen LogP) is 1.96. The Morgan fingerprint density at radius 3 is 2.15 bits per heavy atom. The van der Waals surface area contributed by atoms with Gasteiger partial charge in [-0.2, -0.15) is 0 Å². The van der Waals surface area contributed by atoms with Crippen molar-refractivity contribution in [1.29, 1.82) is 0 Å². The van der Waals surface area contributed by atoms with Crippen LogP contribution in [0.25, 0.3) is 0 Å². The SMILES string of the molecule is COc1cccc(OC)c1C(NN)c1cccc(C)n1. The summed E-state index contributed by atoms with van der Waals surface area (Å²) < 4.78 is 10.8. The Hall–Kier alpha value is -2.11. The normalized spacial score (nSPS) is 12.0. The van der Waals surface area contributed by atoms with Crippen LogP contribution in [0.15, 0.2) is 36.4 Å². The third-order valence-electron chi connectivity index (χ3n) is 3.13. The summed E-state index contributed by atoms with van der Waals surface area (Å²) in [5.41, 5.74) is 5.36. The zero-order chi connectivity index (χ0) is 14.5. The van der Waals surface area contributed by atoms with Gasteiger partial charge in [0, 0.05) is 5.69 Å². The van der Waals surface area contributed by atoms with Crippen LogP contribution in [0.5, 0.6) is 11.5 Å². The first-order valence-electron chi connectivity index (χ1n) is 6.31. The van der Waals surface area contributed by atoms with E-state index in [9.17, 15) is 0 Å². The minimum atomic E-state index is -0.305. The first kappa shape index (κ1) is 14.3. The van der Waals surface area contributed by atoms with E-state index in [1.807, 2.05) is 43.3 Å². The molecule has 0 radical (unpaired) electrons. The lowest BCUT2D eigenvalue weighted by atomic mass is 10.0. The molecule has 5 nitrogen and oxygen atoms in total. The first-order chi connectivity index (χ1) is 9.71. The largest absolute Gasteiger partial charge is 0.496 e. The van der Waals surface area contributed by atoms with Crippen molar-refractivity contribution in [3.8, 4) is 11.5 Å². The van der Waals surface area contributed by atoms with Gasteiger partial charge in [-0.1, -0.05) is 12.1 Å². The van der Waals surface area contributed by atoms with E-state index in [-0.39, 0.29) is 6.04 Å². The van der Waals surface area contributed by atoms with Crippen molar-refractivity contribution in [1.82, 2.24) is 10.4 Å². The van der Waals surface area contributed by atoms with Crippen LogP contribution in [0.4, 0.5) is 0 Å². The fourth-order valence-corrected chi connectivity index (χ4v) is 2.21. The number of pyridine rings is 1. The molecule has 0 spiro atoms. The third-order valence-corrected chi connectivity index (χ3v) is 3.13. The number of methoxy groups -OCH3 is 2. The monoisotopic (exact) mass is 273 g/mol. The van der Waals surface area contributed by atoms with Crippen molar-refractivity contribution < 1.29 is 9.47 Å². The number of nitrogens with two attached hydrogens (primary N) is 1. The van der Waals surface area contributed by atoms with Gasteiger partial charge in [-0.3, -0.25) is 10.8 Å². The maximum atomic E-state index is 5.73. The molecule has 5 heteroatoms. The molecule has 0 bridgehead atoms. The molecule has 3 N–H and O–H groups in total. The number of hydrazine groups is 1. The van der Waals surface area contributed by atoms with Crippen LogP contribution in [0.2, 0.25) is 0 Å². The number of nitrogens with zero attached hydrogens (tertiary/aromatic N) is 1. The quantitative estimate of drug-likeness (QED) is 0.644. The van der Waals surface area contributed by atoms with Gasteiger partial charge >= 0.3 is 0 Å². The van der Waals surface area contributed by atoms with Gasteiger partial charge in [-0.25, -0.2) is 5.43 Å². The van der Waals surface area contributed by atoms with Gasteiger partial charge in [0.25, 0.3) is 0 Å². The molecular weight excluding hydrogens is 254 g/mol. The summed E-state index contributed by atoms with van der Waals surface area (Å²) in [7, 11) is 3.24. The number of nitrogens with one attached hydrogen (secondary N) is 1. The average Bonchev–Trinajstić information content (AvgIpc) is 2.48. The molecule has 0 amide bonds. The highest BCUT2D eigenvalue weighted by atomic mass is 16.5. The topological polar surface area (TPSA) is 69.4 Å². The zero-order valence-electron chi connectivity index (χ0n) is 11.9. The Labute approximate surface area is 118 Å². The average molecular weight is 273 g/mol. The molecular formula is C15H19N3O2. The molecule has 1 aromatic heterocycles. The number of hydrogen-bond acceptors (Lipinski definition) is 5.